The number of carbonyl (C=O) groups excluding carboxylic acids is 2. The Balaban J connectivity index is 1.65. The molecule has 0 radical (unpaired) electrons. The maximum absolute atomic E-state index is 12.4. The van der Waals surface area contributed by atoms with Crippen LogP contribution in [0.1, 0.15) is 21.6 Å². The third-order valence-electron chi connectivity index (χ3n) is 4.29. The Morgan fingerprint density at radius 2 is 1.76 bits per heavy atom. The summed E-state index contributed by atoms with van der Waals surface area (Å²) in [5, 5.41) is 2.89. The second-order valence-electron chi connectivity index (χ2n) is 6.36. The summed E-state index contributed by atoms with van der Waals surface area (Å²) in [5.74, 6) is -0.220. The van der Waals surface area contributed by atoms with E-state index >= 15 is 0 Å². The summed E-state index contributed by atoms with van der Waals surface area (Å²) < 4.78 is 0. The Labute approximate surface area is 147 Å². The molecule has 1 aliphatic heterocycles. The van der Waals surface area contributed by atoms with Gasteiger partial charge < -0.3 is 15.1 Å². The lowest BCUT2D eigenvalue weighted by molar-refractivity contribution is -0.118. The minimum absolute atomic E-state index is 0.220. The number of piperazine rings is 1. The number of aryl methyl sites for hydroxylation is 2. The summed E-state index contributed by atoms with van der Waals surface area (Å²) >= 11 is 0. The van der Waals surface area contributed by atoms with Crippen LogP contribution >= 0.6 is 0 Å². The minimum atomic E-state index is -0.220. The summed E-state index contributed by atoms with van der Waals surface area (Å²) in [7, 11) is 0. The van der Waals surface area contributed by atoms with Gasteiger partial charge in [0.05, 0.1) is 11.9 Å². The van der Waals surface area contributed by atoms with Crippen molar-refractivity contribution in [2.24, 2.45) is 0 Å². The van der Waals surface area contributed by atoms with E-state index in [-0.39, 0.29) is 5.91 Å². The molecular weight excluding hydrogens is 316 g/mol. The molecule has 0 saturated carbocycles. The quantitative estimate of drug-likeness (QED) is 0.868. The van der Waals surface area contributed by atoms with Gasteiger partial charge in [-0.15, -0.1) is 0 Å². The van der Waals surface area contributed by atoms with Gasteiger partial charge in [0, 0.05) is 31.9 Å². The van der Waals surface area contributed by atoms with Gasteiger partial charge in [0.25, 0.3) is 5.91 Å². The lowest BCUT2D eigenvalue weighted by Gasteiger charge is -2.33. The molecule has 6 heteroatoms. The number of anilines is 2. The third kappa shape index (κ3) is 4.15. The molecule has 2 aromatic rings. The Hall–Kier alpha value is -2.89. The zero-order chi connectivity index (χ0) is 17.8. The van der Waals surface area contributed by atoms with Gasteiger partial charge in [0.2, 0.25) is 6.41 Å². The molecule has 1 N–H and O–H groups in total. The molecule has 0 aliphatic carbocycles. The van der Waals surface area contributed by atoms with Crippen molar-refractivity contribution in [3.05, 3.63) is 53.3 Å². The Bertz CT molecular complexity index is 745. The lowest BCUT2D eigenvalue weighted by Crippen LogP contribution is -2.45. The largest absolute Gasteiger partial charge is 0.367 e. The van der Waals surface area contributed by atoms with E-state index in [0.29, 0.717) is 18.8 Å². The van der Waals surface area contributed by atoms with Crippen LogP contribution in [0.5, 0.6) is 0 Å². The van der Waals surface area contributed by atoms with Crippen molar-refractivity contribution in [3.63, 3.8) is 0 Å². The second-order valence-corrected chi connectivity index (χ2v) is 6.36. The van der Waals surface area contributed by atoms with Gasteiger partial charge in [0.1, 0.15) is 5.69 Å². The topological polar surface area (TPSA) is 65.5 Å². The van der Waals surface area contributed by atoms with Crippen molar-refractivity contribution < 1.29 is 9.59 Å². The van der Waals surface area contributed by atoms with Crippen molar-refractivity contribution in [1.82, 2.24) is 9.88 Å². The van der Waals surface area contributed by atoms with E-state index < -0.39 is 0 Å². The van der Waals surface area contributed by atoms with Crippen LogP contribution in [0.15, 0.2) is 36.5 Å². The van der Waals surface area contributed by atoms with Crippen LogP contribution in [-0.2, 0) is 4.79 Å². The number of hydrogen-bond donors (Lipinski definition) is 1. The highest BCUT2D eigenvalue weighted by Crippen LogP contribution is 2.17. The molecule has 1 aliphatic rings. The van der Waals surface area contributed by atoms with Gasteiger partial charge in [-0.1, -0.05) is 6.07 Å². The maximum atomic E-state index is 12.4. The number of aromatic nitrogens is 1. The Morgan fingerprint density at radius 1 is 1.08 bits per heavy atom. The Kier molecular flexibility index (Phi) is 4.97. The van der Waals surface area contributed by atoms with Crippen molar-refractivity contribution >= 4 is 23.7 Å². The molecule has 130 valence electrons. The van der Waals surface area contributed by atoms with E-state index in [1.54, 1.807) is 17.2 Å². The van der Waals surface area contributed by atoms with Crippen molar-refractivity contribution in [3.8, 4) is 0 Å². The van der Waals surface area contributed by atoms with Gasteiger partial charge in [0.15, 0.2) is 0 Å². The molecule has 1 aromatic carbocycles. The molecular formula is C19H22N4O2. The zero-order valence-corrected chi connectivity index (χ0v) is 14.5. The first kappa shape index (κ1) is 17.0. The monoisotopic (exact) mass is 338 g/mol. The van der Waals surface area contributed by atoms with Crippen LogP contribution in [0, 0.1) is 13.8 Å². The summed E-state index contributed by atoms with van der Waals surface area (Å²) in [6, 6.07) is 9.57. The summed E-state index contributed by atoms with van der Waals surface area (Å²) in [5.41, 5.74) is 4.34. The predicted octanol–water partition coefficient (Wildman–Crippen LogP) is 2.23. The first-order chi connectivity index (χ1) is 12.0. The van der Waals surface area contributed by atoms with E-state index in [9.17, 15) is 9.59 Å². The number of benzene rings is 1. The average Bonchev–Trinajstić information content (AvgIpc) is 2.61. The summed E-state index contributed by atoms with van der Waals surface area (Å²) in [6.45, 7) is 6.96. The number of amides is 2. The normalized spacial score (nSPS) is 14.3. The average molecular weight is 338 g/mol. The molecule has 0 bridgehead atoms. The number of hydrogen-bond acceptors (Lipinski definition) is 4. The number of pyridine rings is 1. The molecule has 1 saturated heterocycles. The van der Waals surface area contributed by atoms with Crippen molar-refractivity contribution in [1.29, 1.82) is 0 Å². The molecule has 2 amide bonds. The molecule has 2 heterocycles. The van der Waals surface area contributed by atoms with E-state index in [1.165, 1.54) is 0 Å². The highest BCUT2D eigenvalue weighted by atomic mass is 16.2. The first-order valence-corrected chi connectivity index (χ1v) is 8.35. The predicted molar refractivity (Wildman–Crippen MR) is 98.0 cm³/mol. The lowest BCUT2D eigenvalue weighted by atomic mass is 10.1. The minimum Gasteiger partial charge on any atom is -0.367 e. The fourth-order valence-corrected chi connectivity index (χ4v) is 3.03. The molecule has 0 unspecified atom stereocenters. The molecule has 1 aromatic heterocycles. The smallest absolute Gasteiger partial charge is 0.274 e. The third-order valence-corrected chi connectivity index (χ3v) is 4.29. The van der Waals surface area contributed by atoms with E-state index in [0.717, 1.165) is 42.0 Å². The maximum Gasteiger partial charge on any atom is 0.274 e. The van der Waals surface area contributed by atoms with Crippen LogP contribution < -0.4 is 10.2 Å². The van der Waals surface area contributed by atoms with Gasteiger partial charge >= 0.3 is 0 Å². The van der Waals surface area contributed by atoms with Crippen molar-refractivity contribution in [2.75, 3.05) is 36.4 Å². The Morgan fingerprint density at radius 3 is 2.32 bits per heavy atom. The fraction of sp³-hybridized carbons (Fsp3) is 0.316. The molecule has 6 nitrogen and oxygen atoms in total. The van der Waals surface area contributed by atoms with Crippen LogP contribution in [0.3, 0.4) is 0 Å². The summed E-state index contributed by atoms with van der Waals surface area (Å²) in [6.07, 6.45) is 2.60. The van der Waals surface area contributed by atoms with E-state index in [1.807, 2.05) is 32.0 Å². The molecule has 3 rings (SSSR count). The zero-order valence-electron chi connectivity index (χ0n) is 14.5. The fourth-order valence-electron chi connectivity index (χ4n) is 3.03. The van der Waals surface area contributed by atoms with Gasteiger partial charge in [-0.25, -0.2) is 4.98 Å². The number of nitrogens with zero attached hydrogens (tertiary/aromatic N) is 3. The molecule has 1 fully saturated rings. The van der Waals surface area contributed by atoms with Crippen LogP contribution in [-0.4, -0.2) is 48.4 Å². The molecule has 0 spiro atoms. The SMILES string of the molecule is Cc1cc(C)cc(NC(=O)c2ccc(N3CCN(C=O)CC3)cn2)c1. The van der Waals surface area contributed by atoms with Crippen LogP contribution in [0.25, 0.3) is 0 Å². The molecule has 25 heavy (non-hydrogen) atoms. The van der Waals surface area contributed by atoms with Crippen LogP contribution in [0.2, 0.25) is 0 Å². The van der Waals surface area contributed by atoms with Gasteiger partial charge in [-0.05, 0) is 49.2 Å². The summed E-state index contributed by atoms with van der Waals surface area (Å²) in [4.78, 5) is 31.4. The first-order valence-electron chi connectivity index (χ1n) is 8.35. The number of rotatable bonds is 4. The van der Waals surface area contributed by atoms with E-state index in [2.05, 4.69) is 21.3 Å². The number of carbonyl (C=O) groups is 2. The van der Waals surface area contributed by atoms with Gasteiger partial charge in [-0.3, -0.25) is 9.59 Å². The number of nitrogens with one attached hydrogen (secondary N) is 1. The van der Waals surface area contributed by atoms with E-state index in [4.69, 9.17) is 0 Å². The molecule has 0 atom stereocenters. The van der Waals surface area contributed by atoms with Gasteiger partial charge in [-0.2, -0.15) is 0 Å². The van der Waals surface area contributed by atoms with Crippen LogP contribution in [0.4, 0.5) is 11.4 Å². The second kappa shape index (κ2) is 7.34. The highest BCUT2D eigenvalue weighted by molar-refractivity contribution is 6.03. The standard InChI is InChI=1S/C19H22N4O2/c1-14-9-15(2)11-16(10-14)21-19(25)18-4-3-17(12-20-18)23-7-5-22(13-24)6-8-23/h3-4,9-13H,5-8H2,1-2H3,(H,21,25). The van der Waals surface area contributed by atoms with Crippen molar-refractivity contribution in [2.45, 2.75) is 13.8 Å². The highest BCUT2D eigenvalue weighted by Gasteiger charge is 2.16.